The average molecular weight is 310 g/mol. The molecule has 0 aromatic carbocycles. The van der Waals surface area contributed by atoms with Crippen LogP contribution in [0.3, 0.4) is 0 Å². The first kappa shape index (κ1) is 15.8. The van der Waals surface area contributed by atoms with Crippen LogP contribution in [0.4, 0.5) is 0 Å². The molecule has 2 heterocycles. The molecule has 114 valence electrons. The highest BCUT2D eigenvalue weighted by Gasteiger charge is 2.25. The molecule has 6 nitrogen and oxygen atoms in total. The van der Waals surface area contributed by atoms with Gasteiger partial charge in [-0.3, -0.25) is 4.79 Å². The second-order valence-corrected chi connectivity index (χ2v) is 6.03. The minimum atomic E-state index is -0.999. The van der Waals surface area contributed by atoms with Gasteiger partial charge in [0.15, 0.2) is 0 Å². The van der Waals surface area contributed by atoms with E-state index in [-0.39, 0.29) is 29.4 Å². The fraction of sp³-hybridized carbons (Fsp3) is 0.500. The van der Waals surface area contributed by atoms with Crippen LogP contribution in [0.1, 0.15) is 24.2 Å². The van der Waals surface area contributed by atoms with Crippen LogP contribution < -0.4 is 0 Å². The molecule has 1 aliphatic heterocycles. The Kier molecular flexibility index (Phi) is 5.19. The van der Waals surface area contributed by atoms with Crippen molar-refractivity contribution in [2.45, 2.75) is 31.1 Å². The zero-order valence-electron chi connectivity index (χ0n) is 12.0. The predicted octanol–water partition coefficient (Wildman–Crippen LogP) is 1.51. The molecule has 7 heteroatoms. The third kappa shape index (κ3) is 4.44. The fourth-order valence-electron chi connectivity index (χ4n) is 2.23. The summed E-state index contributed by atoms with van der Waals surface area (Å²) >= 11 is 1.25. The normalized spacial score (nSPS) is 22.1. The second-order valence-electron chi connectivity index (χ2n) is 5.03. The van der Waals surface area contributed by atoms with E-state index >= 15 is 0 Å². The van der Waals surface area contributed by atoms with Crippen molar-refractivity contribution < 1.29 is 19.4 Å². The van der Waals surface area contributed by atoms with E-state index in [0.717, 1.165) is 0 Å². The molecule has 1 aromatic rings. The van der Waals surface area contributed by atoms with Gasteiger partial charge in [0.25, 0.3) is 0 Å². The second kappa shape index (κ2) is 6.91. The Bertz CT molecular complexity index is 527. The van der Waals surface area contributed by atoms with Crippen LogP contribution in [-0.4, -0.2) is 57.9 Å². The molecule has 0 bridgehead atoms. The molecule has 2 atom stereocenters. The van der Waals surface area contributed by atoms with E-state index in [2.05, 4.69) is 4.98 Å². The molecule has 2 unspecified atom stereocenters. The van der Waals surface area contributed by atoms with Crippen molar-refractivity contribution >= 4 is 23.6 Å². The van der Waals surface area contributed by atoms with E-state index < -0.39 is 5.97 Å². The molecule has 2 rings (SSSR count). The number of carbonyl (C=O) groups is 2. The van der Waals surface area contributed by atoms with Gasteiger partial charge in [0.1, 0.15) is 0 Å². The molecule has 21 heavy (non-hydrogen) atoms. The molecule has 1 saturated heterocycles. The van der Waals surface area contributed by atoms with Crippen LogP contribution in [-0.2, 0) is 9.53 Å². The van der Waals surface area contributed by atoms with Crippen molar-refractivity contribution in [2.75, 3.05) is 18.8 Å². The summed E-state index contributed by atoms with van der Waals surface area (Å²) in [4.78, 5) is 28.9. The molecule has 0 spiro atoms. The summed E-state index contributed by atoms with van der Waals surface area (Å²) < 4.78 is 5.59. The first-order valence-electron chi connectivity index (χ1n) is 6.71. The maximum absolute atomic E-state index is 12.2. The number of hydrogen-bond acceptors (Lipinski definition) is 5. The topological polar surface area (TPSA) is 79.7 Å². The van der Waals surface area contributed by atoms with E-state index in [1.807, 2.05) is 13.8 Å². The summed E-state index contributed by atoms with van der Waals surface area (Å²) in [7, 11) is 0. The number of morpholine rings is 1. The number of rotatable bonds is 4. The van der Waals surface area contributed by atoms with Gasteiger partial charge >= 0.3 is 5.97 Å². The molecule has 0 saturated carbocycles. The Labute approximate surface area is 127 Å². The summed E-state index contributed by atoms with van der Waals surface area (Å²) in [6, 6.07) is 2.91. The third-order valence-electron chi connectivity index (χ3n) is 3.10. The minimum absolute atomic E-state index is 0.0181. The SMILES string of the molecule is CC1CN(C(=O)CSc2cc(C(=O)O)ccn2)CC(C)O1. The summed E-state index contributed by atoms with van der Waals surface area (Å²) in [5.74, 6) is -0.735. The van der Waals surface area contributed by atoms with Gasteiger partial charge in [0, 0.05) is 19.3 Å². The molecule has 0 radical (unpaired) electrons. The van der Waals surface area contributed by atoms with Crippen LogP contribution in [0.2, 0.25) is 0 Å². The number of ether oxygens (including phenoxy) is 1. The number of carbonyl (C=O) groups excluding carboxylic acids is 1. The van der Waals surface area contributed by atoms with Gasteiger partial charge in [-0.25, -0.2) is 9.78 Å². The lowest BCUT2D eigenvalue weighted by molar-refractivity contribution is -0.140. The molecule has 1 aliphatic rings. The first-order valence-corrected chi connectivity index (χ1v) is 7.69. The maximum Gasteiger partial charge on any atom is 0.335 e. The predicted molar refractivity (Wildman–Crippen MR) is 78.5 cm³/mol. The standard InChI is InChI=1S/C14H18N2O4S/c1-9-6-16(7-10(2)20-9)13(17)8-21-12-5-11(14(18)19)3-4-15-12/h3-5,9-10H,6-8H2,1-2H3,(H,18,19). The van der Waals surface area contributed by atoms with E-state index in [4.69, 9.17) is 9.84 Å². The van der Waals surface area contributed by atoms with E-state index in [1.165, 1.54) is 30.1 Å². The monoisotopic (exact) mass is 310 g/mol. The zero-order valence-corrected chi connectivity index (χ0v) is 12.8. The zero-order chi connectivity index (χ0) is 15.4. The van der Waals surface area contributed by atoms with Gasteiger partial charge in [-0.2, -0.15) is 0 Å². The molecule has 1 N–H and O–H groups in total. The largest absolute Gasteiger partial charge is 0.478 e. The lowest BCUT2D eigenvalue weighted by Crippen LogP contribution is -2.48. The Hall–Kier alpha value is -1.60. The van der Waals surface area contributed by atoms with Gasteiger partial charge in [-0.1, -0.05) is 11.8 Å². The lowest BCUT2D eigenvalue weighted by Gasteiger charge is -2.35. The highest BCUT2D eigenvalue weighted by molar-refractivity contribution is 7.99. The number of hydrogen-bond donors (Lipinski definition) is 1. The number of pyridine rings is 1. The molecule has 1 fully saturated rings. The van der Waals surface area contributed by atoms with Crippen LogP contribution in [0.25, 0.3) is 0 Å². The molecular weight excluding hydrogens is 292 g/mol. The van der Waals surface area contributed by atoms with Gasteiger partial charge in [-0.05, 0) is 26.0 Å². The summed E-state index contributed by atoms with van der Waals surface area (Å²) in [6.07, 6.45) is 1.52. The third-order valence-corrected chi connectivity index (χ3v) is 4.01. The van der Waals surface area contributed by atoms with Gasteiger partial charge in [0.05, 0.1) is 28.6 Å². The number of amides is 1. The Morgan fingerprint density at radius 2 is 2.10 bits per heavy atom. The highest BCUT2D eigenvalue weighted by atomic mass is 32.2. The number of carboxylic acids is 1. The van der Waals surface area contributed by atoms with E-state index in [9.17, 15) is 9.59 Å². The van der Waals surface area contributed by atoms with Gasteiger partial charge < -0.3 is 14.7 Å². The summed E-state index contributed by atoms with van der Waals surface area (Å²) in [5, 5.41) is 9.46. The van der Waals surface area contributed by atoms with Gasteiger partial charge in [-0.15, -0.1) is 0 Å². The smallest absolute Gasteiger partial charge is 0.335 e. The van der Waals surface area contributed by atoms with Crippen LogP contribution in [0.5, 0.6) is 0 Å². The van der Waals surface area contributed by atoms with Crippen molar-refractivity contribution in [1.82, 2.24) is 9.88 Å². The number of aromatic carboxylic acids is 1. The number of aromatic nitrogens is 1. The summed E-state index contributed by atoms with van der Waals surface area (Å²) in [5.41, 5.74) is 0.175. The molecule has 1 amide bonds. The summed E-state index contributed by atoms with van der Waals surface area (Å²) in [6.45, 7) is 5.07. The Morgan fingerprint density at radius 1 is 1.43 bits per heavy atom. The molecule has 1 aromatic heterocycles. The van der Waals surface area contributed by atoms with Gasteiger partial charge in [0.2, 0.25) is 5.91 Å². The fourth-order valence-corrected chi connectivity index (χ4v) is 3.03. The molecular formula is C14H18N2O4S. The average Bonchev–Trinajstić information content (AvgIpc) is 2.44. The Balaban J connectivity index is 1.92. The van der Waals surface area contributed by atoms with Crippen LogP contribution in [0, 0.1) is 0 Å². The van der Waals surface area contributed by atoms with Crippen molar-refractivity contribution in [3.63, 3.8) is 0 Å². The number of carboxylic acid groups (broad SMARTS) is 1. The molecule has 0 aliphatic carbocycles. The van der Waals surface area contributed by atoms with Crippen LogP contribution in [0.15, 0.2) is 23.4 Å². The van der Waals surface area contributed by atoms with Crippen molar-refractivity contribution in [1.29, 1.82) is 0 Å². The number of thioether (sulfide) groups is 1. The van der Waals surface area contributed by atoms with Crippen molar-refractivity contribution in [2.24, 2.45) is 0 Å². The number of nitrogens with zero attached hydrogens (tertiary/aromatic N) is 2. The van der Waals surface area contributed by atoms with Crippen molar-refractivity contribution in [3.05, 3.63) is 23.9 Å². The quantitative estimate of drug-likeness (QED) is 0.849. The highest BCUT2D eigenvalue weighted by Crippen LogP contribution is 2.18. The Morgan fingerprint density at radius 3 is 2.71 bits per heavy atom. The minimum Gasteiger partial charge on any atom is -0.478 e. The van der Waals surface area contributed by atoms with E-state index in [0.29, 0.717) is 18.1 Å². The first-order chi connectivity index (χ1) is 9.95. The maximum atomic E-state index is 12.2. The van der Waals surface area contributed by atoms with Crippen LogP contribution >= 0.6 is 11.8 Å². The lowest BCUT2D eigenvalue weighted by atomic mass is 10.2. The van der Waals surface area contributed by atoms with E-state index in [1.54, 1.807) is 4.90 Å². The van der Waals surface area contributed by atoms with Crippen molar-refractivity contribution in [3.8, 4) is 0 Å².